The second-order valence-corrected chi connectivity index (χ2v) is 4.28. The first-order chi connectivity index (χ1) is 8.11. The number of carbonyl (C=O) groups excluding carboxylic acids is 1. The Morgan fingerprint density at radius 3 is 2.53 bits per heavy atom. The van der Waals surface area contributed by atoms with Gasteiger partial charge in [0.05, 0.1) is 13.0 Å². The van der Waals surface area contributed by atoms with Crippen LogP contribution in [-0.2, 0) is 16.1 Å². The maximum atomic E-state index is 11.2. The Hall–Kier alpha value is -1.35. The highest BCUT2D eigenvalue weighted by Gasteiger charge is 2.05. The number of rotatable bonds is 6. The average molecular weight is 235 g/mol. The van der Waals surface area contributed by atoms with Gasteiger partial charge in [0.1, 0.15) is 0 Å². The normalized spacial score (nSPS) is 10.6. The minimum atomic E-state index is -0.122. The third-order valence-corrected chi connectivity index (χ3v) is 2.58. The van der Waals surface area contributed by atoms with Gasteiger partial charge in [0.2, 0.25) is 0 Å². The van der Waals surface area contributed by atoms with Crippen molar-refractivity contribution in [2.75, 3.05) is 20.2 Å². The van der Waals surface area contributed by atoms with E-state index in [1.54, 1.807) is 0 Å². The highest BCUT2D eigenvalue weighted by Crippen LogP contribution is 2.06. The van der Waals surface area contributed by atoms with Crippen LogP contribution < -0.4 is 0 Å². The van der Waals surface area contributed by atoms with Crippen molar-refractivity contribution >= 4 is 5.97 Å². The fraction of sp³-hybridized carbons (Fsp3) is 0.500. The first kappa shape index (κ1) is 13.7. The van der Waals surface area contributed by atoms with E-state index in [9.17, 15) is 4.79 Å². The number of ether oxygens (including phenoxy) is 1. The van der Waals surface area contributed by atoms with Gasteiger partial charge in [-0.15, -0.1) is 0 Å². The summed E-state index contributed by atoms with van der Waals surface area (Å²) in [4.78, 5) is 13.3. The van der Waals surface area contributed by atoms with Crippen LogP contribution in [0.4, 0.5) is 0 Å². The lowest BCUT2D eigenvalue weighted by molar-refractivity contribution is -0.143. The molecule has 0 bridgehead atoms. The average Bonchev–Trinajstić information content (AvgIpc) is 2.30. The molecule has 0 saturated carbocycles. The first-order valence-corrected chi connectivity index (χ1v) is 6.01. The molecule has 0 spiro atoms. The van der Waals surface area contributed by atoms with Crippen LogP contribution in [0, 0.1) is 6.92 Å². The Labute approximate surface area is 103 Å². The van der Waals surface area contributed by atoms with Crippen molar-refractivity contribution in [3.63, 3.8) is 0 Å². The van der Waals surface area contributed by atoms with Gasteiger partial charge >= 0.3 is 5.97 Å². The minimum absolute atomic E-state index is 0.122. The van der Waals surface area contributed by atoms with Crippen molar-refractivity contribution in [2.45, 2.75) is 26.8 Å². The van der Waals surface area contributed by atoms with Gasteiger partial charge < -0.3 is 9.64 Å². The van der Waals surface area contributed by atoms with Crippen molar-refractivity contribution in [3.8, 4) is 0 Å². The molecule has 0 unspecified atom stereocenters. The van der Waals surface area contributed by atoms with E-state index in [4.69, 9.17) is 4.74 Å². The van der Waals surface area contributed by atoms with E-state index in [1.807, 2.05) is 14.0 Å². The molecular formula is C14H21NO2. The van der Waals surface area contributed by atoms with E-state index < -0.39 is 0 Å². The lowest BCUT2D eigenvalue weighted by Crippen LogP contribution is -2.22. The fourth-order valence-electron chi connectivity index (χ4n) is 1.60. The van der Waals surface area contributed by atoms with Gasteiger partial charge in [0, 0.05) is 13.1 Å². The van der Waals surface area contributed by atoms with Crippen LogP contribution in [0.25, 0.3) is 0 Å². The number of hydrogen-bond donors (Lipinski definition) is 0. The van der Waals surface area contributed by atoms with Gasteiger partial charge in [0.15, 0.2) is 0 Å². The second-order valence-electron chi connectivity index (χ2n) is 4.28. The monoisotopic (exact) mass is 235 g/mol. The van der Waals surface area contributed by atoms with Crippen LogP contribution in [0.3, 0.4) is 0 Å². The predicted octanol–water partition coefficient (Wildman–Crippen LogP) is 2.38. The van der Waals surface area contributed by atoms with E-state index >= 15 is 0 Å². The third-order valence-electron chi connectivity index (χ3n) is 2.58. The molecule has 3 heteroatoms. The summed E-state index contributed by atoms with van der Waals surface area (Å²) >= 11 is 0. The van der Waals surface area contributed by atoms with Gasteiger partial charge in [-0.3, -0.25) is 4.79 Å². The summed E-state index contributed by atoms with van der Waals surface area (Å²) in [6.45, 7) is 5.95. The summed E-state index contributed by atoms with van der Waals surface area (Å²) in [5.74, 6) is -0.122. The highest BCUT2D eigenvalue weighted by atomic mass is 16.5. The summed E-state index contributed by atoms with van der Waals surface area (Å²) in [5.41, 5.74) is 2.53. The number of hydrogen-bond acceptors (Lipinski definition) is 3. The zero-order chi connectivity index (χ0) is 12.7. The zero-order valence-electron chi connectivity index (χ0n) is 10.9. The molecular weight excluding hydrogens is 214 g/mol. The molecule has 0 aliphatic heterocycles. The molecule has 3 nitrogen and oxygen atoms in total. The SMILES string of the molecule is CCOC(=O)CCN(C)Cc1ccc(C)cc1. The zero-order valence-corrected chi connectivity index (χ0v) is 10.9. The number of carbonyl (C=O) groups is 1. The topological polar surface area (TPSA) is 29.5 Å². The summed E-state index contributed by atoms with van der Waals surface area (Å²) in [6, 6.07) is 8.45. The maximum Gasteiger partial charge on any atom is 0.307 e. The van der Waals surface area contributed by atoms with E-state index in [0.717, 1.165) is 13.1 Å². The molecule has 1 aromatic rings. The quantitative estimate of drug-likeness (QED) is 0.709. The van der Waals surface area contributed by atoms with Gasteiger partial charge in [-0.25, -0.2) is 0 Å². The van der Waals surface area contributed by atoms with Crippen LogP contribution in [0.5, 0.6) is 0 Å². The van der Waals surface area contributed by atoms with Crippen LogP contribution in [0.15, 0.2) is 24.3 Å². The molecule has 0 aromatic heterocycles. The van der Waals surface area contributed by atoms with Crippen LogP contribution in [0.2, 0.25) is 0 Å². The summed E-state index contributed by atoms with van der Waals surface area (Å²) in [5, 5.41) is 0. The van der Waals surface area contributed by atoms with Crippen molar-refractivity contribution in [3.05, 3.63) is 35.4 Å². The molecule has 0 radical (unpaired) electrons. The molecule has 0 N–H and O–H groups in total. The van der Waals surface area contributed by atoms with Gasteiger partial charge in [0.25, 0.3) is 0 Å². The molecule has 0 heterocycles. The second kappa shape index (κ2) is 7.07. The lowest BCUT2D eigenvalue weighted by atomic mass is 10.1. The molecule has 0 aliphatic carbocycles. The Balaban J connectivity index is 2.31. The lowest BCUT2D eigenvalue weighted by Gasteiger charge is -2.16. The largest absolute Gasteiger partial charge is 0.466 e. The van der Waals surface area contributed by atoms with E-state index in [1.165, 1.54) is 11.1 Å². The van der Waals surface area contributed by atoms with Gasteiger partial charge in [-0.05, 0) is 26.5 Å². The smallest absolute Gasteiger partial charge is 0.307 e. The molecule has 94 valence electrons. The fourth-order valence-corrected chi connectivity index (χ4v) is 1.60. The molecule has 1 aromatic carbocycles. The molecule has 0 atom stereocenters. The van der Waals surface area contributed by atoms with Crippen molar-refractivity contribution < 1.29 is 9.53 Å². The standard InChI is InChI=1S/C14H21NO2/c1-4-17-14(16)9-10-15(3)11-13-7-5-12(2)6-8-13/h5-8H,4,9-11H2,1-3H3. The van der Waals surface area contributed by atoms with Crippen LogP contribution in [-0.4, -0.2) is 31.1 Å². The summed E-state index contributed by atoms with van der Waals surface area (Å²) in [7, 11) is 2.01. The first-order valence-electron chi connectivity index (χ1n) is 6.01. The van der Waals surface area contributed by atoms with Crippen molar-refractivity contribution in [1.29, 1.82) is 0 Å². The Morgan fingerprint density at radius 1 is 1.29 bits per heavy atom. The summed E-state index contributed by atoms with van der Waals surface area (Å²) < 4.78 is 4.89. The molecule has 0 aliphatic rings. The molecule has 0 fully saturated rings. The number of esters is 1. The Bertz CT molecular complexity index is 346. The Kier molecular flexibility index (Phi) is 5.70. The van der Waals surface area contributed by atoms with Gasteiger partial charge in [-0.2, -0.15) is 0 Å². The van der Waals surface area contributed by atoms with E-state index in [-0.39, 0.29) is 5.97 Å². The molecule has 17 heavy (non-hydrogen) atoms. The van der Waals surface area contributed by atoms with Crippen molar-refractivity contribution in [1.82, 2.24) is 4.90 Å². The number of nitrogens with zero attached hydrogens (tertiary/aromatic N) is 1. The van der Waals surface area contributed by atoms with Gasteiger partial charge in [-0.1, -0.05) is 29.8 Å². The third kappa shape index (κ3) is 5.50. The van der Waals surface area contributed by atoms with Crippen LogP contribution >= 0.6 is 0 Å². The number of benzene rings is 1. The minimum Gasteiger partial charge on any atom is -0.466 e. The maximum absolute atomic E-state index is 11.2. The highest BCUT2D eigenvalue weighted by molar-refractivity contribution is 5.69. The molecule has 0 amide bonds. The van der Waals surface area contributed by atoms with Crippen LogP contribution in [0.1, 0.15) is 24.5 Å². The molecule has 0 saturated heterocycles. The predicted molar refractivity (Wildman–Crippen MR) is 68.8 cm³/mol. The Morgan fingerprint density at radius 2 is 1.94 bits per heavy atom. The summed E-state index contributed by atoms with van der Waals surface area (Å²) in [6.07, 6.45) is 0.455. The molecule has 1 rings (SSSR count). The number of aryl methyl sites for hydroxylation is 1. The van der Waals surface area contributed by atoms with Crippen molar-refractivity contribution in [2.24, 2.45) is 0 Å². The van der Waals surface area contributed by atoms with E-state index in [0.29, 0.717) is 13.0 Å². The van der Waals surface area contributed by atoms with E-state index in [2.05, 4.69) is 36.1 Å².